The molecule has 15 nitrogen and oxygen atoms in total. The van der Waals surface area contributed by atoms with Gasteiger partial charge in [-0.3, -0.25) is 14.4 Å². The molecule has 1 heterocycles. The second-order valence-electron chi connectivity index (χ2n) is 15.1. The molecule has 10 rings (SSSR count). The van der Waals surface area contributed by atoms with Crippen LogP contribution in [0.3, 0.4) is 0 Å². The van der Waals surface area contributed by atoms with Crippen LogP contribution < -0.4 is 74.8 Å². The van der Waals surface area contributed by atoms with E-state index in [2.05, 4.69) is 150 Å². The molecule has 0 atom stereocenters. The van der Waals surface area contributed by atoms with Crippen LogP contribution in [0.5, 0.6) is 0 Å². The van der Waals surface area contributed by atoms with E-state index in [1.165, 1.54) is 82.1 Å². The molecule has 354 valence electrons. The van der Waals surface area contributed by atoms with Gasteiger partial charge in [-0.2, -0.15) is 4.99 Å². The molecule has 7 aromatic rings. The number of nitrogen functional groups attached to an aromatic ring is 1. The Balaban J connectivity index is 0.000000322. The van der Waals surface area contributed by atoms with E-state index < -0.39 is 7.15 Å². The minimum atomic E-state index is -1.00. The Labute approximate surface area is 445 Å². The second kappa shape index (κ2) is 28.1. The number of thiocarbonyl (C=S) groups is 2. The molecule has 16 N–H and O–H groups in total. The molecule has 22 heteroatoms. The number of rotatable bonds is 7. The molecule has 0 bridgehead atoms. The number of nitrogens with two attached hydrogens (primary N) is 6. The molecule has 3 saturated carbocycles. The first kappa shape index (κ1) is 56.9. The van der Waals surface area contributed by atoms with Gasteiger partial charge in [-0.15, -0.1) is 40.1 Å². The number of halogens is 3. The molecule has 3 fully saturated rings. The number of H-pyrrole nitrogens is 1. The van der Waals surface area contributed by atoms with Crippen LogP contribution in [-0.4, -0.2) is 49.6 Å². The third-order valence-corrected chi connectivity index (χ3v) is 11.2. The van der Waals surface area contributed by atoms with Crippen molar-refractivity contribution >= 4 is 133 Å². The van der Waals surface area contributed by atoms with Crippen LogP contribution in [0.1, 0.15) is 74.3 Å². The number of fused-ring (bicyclic) bond motifs is 3. The fourth-order valence-electron chi connectivity index (χ4n) is 7.44. The van der Waals surface area contributed by atoms with Gasteiger partial charge in [0.05, 0.1) is 25.1 Å². The van der Waals surface area contributed by atoms with Gasteiger partial charge in [0, 0.05) is 21.8 Å². The van der Waals surface area contributed by atoms with Gasteiger partial charge in [0.15, 0.2) is 5.11 Å². The van der Waals surface area contributed by atoms with Gasteiger partial charge in [-0.05, 0) is 144 Å². The van der Waals surface area contributed by atoms with Gasteiger partial charge in [0.1, 0.15) is 0 Å². The van der Waals surface area contributed by atoms with Crippen molar-refractivity contribution in [1.29, 1.82) is 0 Å². The zero-order chi connectivity index (χ0) is 46.5. The molecule has 0 spiro atoms. The molecule has 0 amide bonds. The minimum Gasteiger partial charge on any atom is -0.870 e. The number of hydrazone groups is 2. The van der Waals surface area contributed by atoms with Crippen LogP contribution in [0.25, 0.3) is 38.0 Å². The molecule has 3 aliphatic carbocycles. The Morgan fingerprint density at radius 2 is 1.16 bits per heavy atom. The number of aliphatic imine (C=N–C) groups is 1. The summed E-state index contributed by atoms with van der Waals surface area (Å²) in [6.07, 6.45) is 7.77. The van der Waals surface area contributed by atoms with Crippen molar-refractivity contribution in [3.05, 3.63) is 131 Å². The van der Waals surface area contributed by atoms with Gasteiger partial charge in [-0.25, -0.2) is 5.10 Å². The SMILES string of the molecule is Cl.Cl.NC(N)=NNC(=S)Nc1ccc(C2CC2)c2ccccc12.NN=C(N)N.Nc1n[nH]c(=S)n1-c1ccc(C2CC2)c2ccccc12.S=C=Nc1ccc(C2CC2)c2ccccc12.[2H]CF.[Na+].[OH-]. The third kappa shape index (κ3) is 15.3. The number of nitrogens with zero attached hydrogens (tertiary/aromatic N) is 5. The number of nitrogens with one attached hydrogen (secondary N) is 3. The molecule has 68 heavy (non-hydrogen) atoms. The second-order valence-corrected chi connectivity index (χ2v) is 16.1. The number of guanidine groups is 2. The number of hydrogen-bond donors (Lipinski definition) is 9. The Kier molecular flexibility index (Phi) is 23.5. The van der Waals surface area contributed by atoms with Crippen molar-refractivity contribution in [3.63, 3.8) is 0 Å². The monoisotopic (exact) mass is 1030 g/mol. The quantitative estimate of drug-likeness (QED) is 0.0204. The predicted molar refractivity (Wildman–Crippen MR) is 288 cm³/mol. The van der Waals surface area contributed by atoms with Gasteiger partial charge >= 0.3 is 29.6 Å². The van der Waals surface area contributed by atoms with Crippen molar-refractivity contribution < 1.29 is 40.8 Å². The van der Waals surface area contributed by atoms with Crippen LogP contribution in [0.2, 0.25) is 0 Å². The maximum Gasteiger partial charge on any atom is 1.00 e. The molecule has 0 radical (unpaired) electrons. The summed E-state index contributed by atoms with van der Waals surface area (Å²) >= 11 is 15.1. The molecular formula is C46H54Cl2FN14NaOS3. The third-order valence-electron chi connectivity index (χ3n) is 10.7. The number of hydrogen-bond acceptors (Lipinski definition) is 10. The number of anilines is 2. The molecule has 6 aromatic carbocycles. The molecule has 3 aliphatic rings. The first-order valence-electron chi connectivity index (χ1n) is 21.1. The van der Waals surface area contributed by atoms with Crippen molar-refractivity contribution in [3.8, 4) is 5.69 Å². The van der Waals surface area contributed by atoms with Gasteiger partial charge in [-0.1, -0.05) is 91.0 Å². The van der Waals surface area contributed by atoms with Crippen molar-refractivity contribution in [2.24, 2.45) is 44.0 Å². The van der Waals surface area contributed by atoms with Crippen LogP contribution in [0.4, 0.5) is 21.7 Å². The van der Waals surface area contributed by atoms with Crippen LogP contribution in [0.15, 0.2) is 124 Å². The summed E-state index contributed by atoms with van der Waals surface area (Å²) in [5.74, 6) is 6.92. The van der Waals surface area contributed by atoms with E-state index in [1.54, 1.807) is 4.57 Å². The summed E-state index contributed by atoms with van der Waals surface area (Å²) in [6.45, 7) is 0. The Hall–Kier alpha value is -5.44. The van der Waals surface area contributed by atoms with Crippen LogP contribution in [0, 0.1) is 4.77 Å². The molecular weight excluding hydrogens is 974 g/mol. The zero-order valence-corrected chi connectivity index (χ0v) is 43.2. The van der Waals surface area contributed by atoms with E-state index in [9.17, 15) is 4.39 Å². The normalized spacial score (nSPS) is 12.8. The number of alkyl halides is 1. The zero-order valence-electron chi connectivity index (χ0n) is 38.1. The molecule has 0 aliphatic heterocycles. The molecule has 1 aromatic heterocycles. The Bertz CT molecular complexity index is 2970. The van der Waals surface area contributed by atoms with E-state index in [1.807, 2.05) is 18.2 Å². The maximum absolute atomic E-state index is 9.96. The van der Waals surface area contributed by atoms with Crippen LogP contribution in [-0.2, 0) is 0 Å². The van der Waals surface area contributed by atoms with E-state index in [-0.39, 0.29) is 71.8 Å². The summed E-state index contributed by atoms with van der Waals surface area (Å²) in [5, 5.41) is 26.6. The number of benzene rings is 6. The average Bonchev–Trinajstić information content (AvgIpc) is 4.16. The first-order chi connectivity index (χ1) is 31.5. The number of isothiocyanates is 1. The van der Waals surface area contributed by atoms with Gasteiger partial charge in [0.25, 0.3) is 0 Å². The van der Waals surface area contributed by atoms with Crippen molar-refractivity contribution in [2.75, 3.05) is 18.2 Å². The van der Waals surface area contributed by atoms with E-state index in [4.69, 9.17) is 54.5 Å². The fourth-order valence-corrected chi connectivity index (χ4v) is 7.94. The summed E-state index contributed by atoms with van der Waals surface area (Å²) in [4.78, 5) is 4.12. The standard InChI is InChI=1S/C15H17N5S.C15H14N4S.C14H11NS.CH3F.CH6N4.2ClH.Na.H2O/c16-14(17)19-20-15(21)18-13-8-7-10(9-5-6-9)11-3-1-2-4-12(11)13;16-14-17-18-15(20)19(14)13-8-7-10(9-5-6-9)11-3-1-2-4-12(11)13;16-9-15-14-8-7-11(10-5-6-10)12-3-1-2-4-13(12)14;1-2;2-1(3)5-4;;;;/h1-4,7-9H,5-6H2,(H4,16,17,19)(H2,18,20,21);1-4,7-9H,5-6H2,(H2,16,17)(H,18,20);1-4,7-8,10H,5-6H2;1H3;4H2,(H4,2,3,5);2*1H;;1H2/q;;;;;;;+1;/p-1/i;;;1D;;;;;. The Morgan fingerprint density at radius 1 is 0.735 bits per heavy atom. The summed E-state index contributed by atoms with van der Waals surface area (Å²) in [6, 6.07) is 37.9. The summed E-state index contributed by atoms with van der Waals surface area (Å²) in [7, 11) is -1.00. The fraction of sp³-hybridized carbons (Fsp3) is 0.217. The molecule has 0 saturated heterocycles. The minimum absolute atomic E-state index is 0. The Morgan fingerprint density at radius 3 is 1.60 bits per heavy atom. The number of aromatic amines is 1. The van der Waals surface area contributed by atoms with Crippen molar-refractivity contribution in [2.45, 2.75) is 56.3 Å². The average molecular weight is 1030 g/mol. The van der Waals surface area contributed by atoms with Crippen LogP contribution >= 0.6 is 61.5 Å². The molecule has 0 unspecified atom stereocenters. The predicted octanol–water partition coefficient (Wildman–Crippen LogP) is 6.58. The maximum atomic E-state index is 9.96. The van der Waals surface area contributed by atoms with Crippen molar-refractivity contribution in [1.82, 2.24) is 20.2 Å². The van der Waals surface area contributed by atoms with Gasteiger partial charge < -0.3 is 45.3 Å². The van der Waals surface area contributed by atoms with E-state index in [0.29, 0.717) is 27.7 Å². The summed E-state index contributed by atoms with van der Waals surface area (Å²) in [5.41, 5.74) is 35.6. The van der Waals surface area contributed by atoms with E-state index >= 15 is 0 Å². The summed E-state index contributed by atoms with van der Waals surface area (Å²) < 4.78 is 17.8. The smallest absolute Gasteiger partial charge is 0.870 e. The number of aromatic nitrogens is 3. The van der Waals surface area contributed by atoms with E-state index in [0.717, 1.165) is 28.4 Å². The van der Waals surface area contributed by atoms with Gasteiger partial charge in [0.2, 0.25) is 22.6 Å². The largest absolute Gasteiger partial charge is 1.00 e. The first-order valence-corrected chi connectivity index (χ1v) is 21.6. The topological polar surface area (TPSA) is 281 Å².